The molecule has 1 aromatic heterocycles. The van der Waals surface area contributed by atoms with Crippen molar-refractivity contribution in [1.82, 2.24) is 4.90 Å². The molecule has 1 saturated heterocycles. The van der Waals surface area contributed by atoms with Gasteiger partial charge in [-0.1, -0.05) is 13.8 Å². The summed E-state index contributed by atoms with van der Waals surface area (Å²) in [6.45, 7) is 7.87. The maximum atomic E-state index is 5.43. The summed E-state index contributed by atoms with van der Waals surface area (Å²) < 4.78 is 6.25. The Morgan fingerprint density at radius 3 is 2.62 bits per heavy atom. The van der Waals surface area contributed by atoms with Crippen LogP contribution in [0.25, 0.3) is 0 Å². The SMILES string of the molecule is CC1(C)CN(Cc2ccc(Br)o2)C1. The van der Waals surface area contributed by atoms with Crippen LogP contribution in [0.1, 0.15) is 19.6 Å². The summed E-state index contributed by atoms with van der Waals surface area (Å²) >= 11 is 3.30. The molecule has 1 fully saturated rings. The van der Waals surface area contributed by atoms with Crippen molar-refractivity contribution >= 4 is 15.9 Å². The van der Waals surface area contributed by atoms with Gasteiger partial charge >= 0.3 is 0 Å². The molecular weight excluding hydrogens is 230 g/mol. The van der Waals surface area contributed by atoms with Gasteiger partial charge in [-0.3, -0.25) is 4.90 Å². The van der Waals surface area contributed by atoms with Crippen LogP contribution < -0.4 is 0 Å². The maximum Gasteiger partial charge on any atom is 0.169 e. The highest BCUT2D eigenvalue weighted by atomic mass is 79.9. The van der Waals surface area contributed by atoms with E-state index in [1.54, 1.807) is 0 Å². The molecule has 1 aliphatic heterocycles. The van der Waals surface area contributed by atoms with E-state index < -0.39 is 0 Å². The molecule has 3 heteroatoms. The molecule has 0 N–H and O–H groups in total. The molecule has 13 heavy (non-hydrogen) atoms. The lowest BCUT2D eigenvalue weighted by molar-refractivity contribution is 0.0189. The van der Waals surface area contributed by atoms with Gasteiger partial charge in [0.15, 0.2) is 4.67 Å². The number of halogens is 1. The van der Waals surface area contributed by atoms with Crippen LogP contribution in [0, 0.1) is 5.41 Å². The first-order valence-electron chi connectivity index (χ1n) is 4.52. The quantitative estimate of drug-likeness (QED) is 0.795. The van der Waals surface area contributed by atoms with Crippen molar-refractivity contribution < 1.29 is 4.42 Å². The lowest BCUT2D eigenvalue weighted by Crippen LogP contribution is -2.51. The van der Waals surface area contributed by atoms with Crippen molar-refractivity contribution in [1.29, 1.82) is 0 Å². The number of hydrogen-bond acceptors (Lipinski definition) is 2. The second-order valence-electron chi connectivity index (χ2n) is 4.52. The van der Waals surface area contributed by atoms with E-state index in [0.29, 0.717) is 5.41 Å². The van der Waals surface area contributed by atoms with Crippen molar-refractivity contribution in [3.63, 3.8) is 0 Å². The Balaban J connectivity index is 1.87. The van der Waals surface area contributed by atoms with Crippen molar-refractivity contribution in [3.8, 4) is 0 Å². The second-order valence-corrected chi connectivity index (χ2v) is 5.30. The van der Waals surface area contributed by atoms with Crippen LogP contribution >= 0.6 is 15.9 Å². The van der Waals surface area contributed by atoms with E-state index in [1.165, 1.54) is 13.1 Å². The van der Waals surface area contributed by atoms with E-state index in [4.69, 9.17) is 4.42 Å². The summed E-state index contributed by atoms with van der Waals surface area (Å²) in [6.07, 6.45) is 0. The van der Waals surface area contributed by atoms with E-state index >= 15 is 0 Å². The van der Waals surface area contributed by atoms with Crippen molar-refractivity contribution in [2.45, 2.75) is 20.4 Å². The zero-order valence-corrected chi connectivity index (χ0v) is 9.60. The Kier molecular flexibility index (Phi) is 2.24. The lowest BCUT2D eigenvalue weighted by atomic mass is 9.84. The van der Waals surface area contributed by atoms with Crippen LogP contribution in [0.2, 0.25) is 0 Å². The van der Waals surface area contributed by atoms with E-state index in [0.717, 1.165) is 17.0 Å². The first kappa shape index (κ1) is 9.28. The first-order valence-corrected chi connectivity index (χ1v) is 5.31. The fourth-order valence-electron chi connectivity index (χ4n) is 1.93. The van der Waals surface area contributed by atoms with Crippen LogP contribution in [-0.4, -0.2) is 18.0 Å². The minimum absolute atomic E-state index is 0.504. The molecule has 2 nitrogen and oxygen atoms in total. The molecule has 0 bridgehead atoms. The second kappa shape index (κ2) is 3.14. The molecule has 0 aromatic carbocycles. The maximum absolute atomic E-state index is 5.43. The number of furan rings is 1. The van der Waals surface area contributed by atoms with Gasteiger partial charge in [0.25, 0.3) is 0 Å². The van der Waals surface area contributed by atoms with E-state index in [-0.39, 0.29) is 0 Å². The van der Waals surface area contributed by atoms with Crippen molar-refractivity contribution in [2.75, 3.05) is 13.1 Å². The third-order valence-corrected chi connectivity index (χ3v) is 2.74. The van der Waals surface area contributed by atoms with Gasteiger partial charge in [0.2, 0.25) is 0 Å². The molecule has 0 radical (unpaired) electrons. The molecule has 2 rings (SSSR count). The molecule has 72 valence electrons. The van der Waals surface area contributed by atoms with Crippen LogP contribution in [0.5, 0.6) is 0 Å². The Morgan fingerprint density at radius 1 is 1.46 bits per heavy atom. The van der Waals surface area contributed by atoms with Crippen LogP contribution in [0.15, 0.2) is 21.2 Å². The molecule has 0 unspecified atom stereocenters. The Labute approximate surface area is 87.0 Å². The molecule has 0 atom stereocenters. The van der Waals surface area contributed by atoms with Crippen LogP contribution in [0.4, 0.5) is 0 Å². The van der Waals surface area contributed by atoms with Crippen molar-refractivity contribution in [3.05, 3.63) is 22.6 Å². The smallest absolute Gasteiger partial charge is 0.169 e. The van der Waals surface area contributed by atoms with Gasteiger partial charge in [0.1, 0.15) is 5.76 Å². The average Bonchev–Trinajstić information content (AvgIpc) is 2.31. The Bertz CT molecular complexity index is 298. The van der Waals surface area contributed by atoms with Crippen LogP contribution in [-0.2, 0) is 6.54 Å². The summed E-state index contributed by atoms with van der Waals surface area (Å²) in [5.74, 6) is 1.04. The summed E-state index contributed by atoms with van der Waals surface area (Å²) in [7, 11) is 0. The van der Waals surface area contributed by atoms with Crippen molar-refractivity contribution in [2.24, 2.45) is 5.41 Å². The minimum Gasteiger partial charge on any atom is -0.453 e. The third-order valence-electron chi connectivity index (χ3n) is 2.31. The fourth-order valence-corrected chi connectivity index (χ4v) is 2.27. The summed E-state index contributed by atoms with van der Waals surface area (Å²) in [6, 6.07) is 3.97. The predicted octanol–water partition coefficient (Wildman–Crippen LogP) is 2.88. The molecule has 1 aliphatic rings. The van der Waals surface area contributed by atoms with Crippen LogP contribution in [0.3, 0.4) is 0 Å². The molecular formula is C10H14BrNO. The van der Waals surface area contributed by atoms with Gasteiger partial charge in [-0.2, -0.15) is 0 Å². The number of likely N-dealkylation sites (tertiary alicyclic amines) is 1. The highest BCUT2D eigenvalue weighted by molar-refractivity contribution is 9.10. The predicted molar refractivity (Wildman–Crippen MR) is 55.5 cm³/mol. The monoisotopic (exact) mass is 243 g/mol. The molecule has 0 amide bonds. The fraction of sp³-hybridized carbons (Fsp3) is 0.600. The minimum atomic E-state index is 0.504. The number of hydrogen-bond donors (Lipinski definition) is 0. The number of rotatable bonds is 2. The average molecular weight is 244 g/mol. The summed E-state index contributed by atoms with van der Waals surface area (Å²) in [5, 5.41) is 0. The molecule has 1 aromatic rings. The topological polar surface area (TPSA) is 16.4 Å². The first-order chi connectivity index (χ1) is 6.05. The van der Waals surface area contributed by atoms with E-state index in [1.807, 2.05) is 12.1 Å². The Morgan fingerprint density at radius 2 is 2.15 bits per heavy atom. The van der Waals surface area contributed by atoms with E-state index in [2.05, 4.69) is 34.7 Å². The van der Waals surface area contributed by atoms with Gasteiger partial charge in [-0.05, 0) is 33.5 Å². The van der Waals surface area contributed by atoms with Gasteiger partial charge in [0.05, 0.1) is 6.54 Å². The normalized spacial score (nSPS) is 21.5. The summed E-state index contributed by atoms with van der Waals surface area (Å²) in [4.78, 5) is 2.39. The summed E-state index contributed by atoms with van der Waals surface area (Å²) in [5.41, 5.74) is 0.504. The standard InChI is InChI=1S/C10H14BrNO/c1-10(2)6-12(7-10)5-8-3-4-9(11)13-8/h3-4H,5-7H2,1-2H3. The molecule has 0 spiro atoms. The highest BCUT2D eigenvalue weighted by Crippen LogP contribution is 2.30. The van der Waals surface area contributed by atoms with Gasteiger partial charge in [-0.25, -0.2) is 0 Å². The molecule has 2 heterocycles. The van der Waals surface area contributed by atoms with Gasteiger partial charge in [-0.15, -0.1) is 0 Å². The molecule has 0 aliphatic carbocycles. The molecule has 0 saturated carbocycles. The number of nitrogens with zero attached hydrogens (tertiary/aromatic N) is 1. The Hall–Kier alpha value is -0.280. The lowest BCUT2D eigenvalue weighted by Gasteiger charge is -2.45. The highest BCUT2D eigenvalue weighted by Gasteiger charge is 2.34. The van der Waals surface area contributed by atoms with Gasteiger partial charge < -0.3 is 4.42 Å². The zero-order valence-electron chi connectivity index (χ0n) is 8.01. The largest absolute Gasteiger partial charge is 0.453 e. The third kappa shape index (κ3) is 2.15. The van der Waals surface area contributed by atoms with Gasteiger partial charge in [0, 0.05) is 13.1 Å². The zero-order chi connectivity index (χ0) is 9.47. The van der Waals surface area contributed by atoms with E-state index in [9.17, 15) is 0 Å².